The van der Waals surface area contributed by atoms with Gasteiger partial charge in [0.15, 0.2) is 5.82 Å². The first-order valence-corrected chi connectivity index (χ1v) is 6.00. The Hall–Kier alpha value is -1.16. The molecule has 1 saturated heterocycles. The maximum atomic E-state index is 5.84. The lowest BCUT2D eigenvalue weighted by Crippen LogP contribution is -2.49. The van der Waals surface area contributed by atoms with Gasteiger partial charge in [0.25, 0.3) is 0 Å². The van der Waals surface area contributed by atoms with Crippen molar-refractivity contribution in [3.05, 3.63) is 17.8 Å². The van der Waals surface area contributed by atoms with Crippen LogP contribution in [-0.2, 0) is 0 Å². The lowest BCUT2D eigenvalue weighted by Gasteiger charge is -2.41. The van der Waals surface area contributed by atoms with E-state index < -0.39 is 0 Å². The average Bonchev–Trinajstić information content (AvgIpc) is 2.28. The van der Waals surface area contributed by atoms with Crippen molar-refractivity contribution in [2.45, 2.75) is 45.2 Å². The van der Waals surface area contributed by atoms with Crippen LogP contribution in [-0.4, -0.2) is 28.8 Å². The molecule has 2 rings (SSSR count). The summed E-state index contributed by atoms with van der Waals surface area (Å²) in [7, 11) is 0. The van der Waals surface area contributed by atoms with Gasteiger partial charge in [-0.3, -0.25) is 0 Å². The molecule has 1 aliphatic heterocycles. The highest BCUT2D eigenvalue weighted by Gasteiger charge is 2.28. The van der Waals surface area contributed by atoms with Crippen LogP contribution in [0.5, 0.6) is 0 Å². The third-order valence-corrected chi connectivity index (χ3v) is 3.34. The maximum absolute atomic E-state index is 5.84. The Morgan fingerprint density at radius 1 is 1.50 bits per heavy atom. The van der Waals surface area contributed by atoms with Gasteiger partial charge in [-0.1, -0.05) is 0 Å². The zero-order valence-corrected chi connectivity index (χ0v) is 10.1. The molecule has 0 saturated carbocycles. The second-order valence-electron chi connectivity index (χ2n) is 4.67. The molecule has 0 amide bonds. The van der Waals surface area contributed by atoms with Crippen LogP contribution in [0.1, 0.15) is 31.7 Å². The molecule has 4 nitrogen and oxygen atoms in total. The van der Waals surface area contributed by atoms with Crippen molar-refractivity contribution in [3.8, 4) is 0 Å². The Labute approximate surface area is 96.9 Å². The van der Waals surface area contributed by atoms with Crippen LogP contribution < -0.4 is 10.6 Å². The van der Waals surface area contributed by atoms with E-state index in [1.807, 2.05) is 6.92 Å². The van der Waals surface area contributed by atoms with Gasteiger partial charge < -0.3 is 10.6 Å². The zero-order valence-electron chi connectivity index (χ0n) is 10.1. The van der Waals surface area contributed by atoms with Crippen LogP contribution in [0, 0.1) is 6.92 Å². The predicted molar refractivity (Wildman–Crippen MR) is 65.4 cm³/mol. The molecule has 0 spiro atoms. The number of aromatic nitrogens is 2. The second-order valence-corrected chi connectivity index (χ2v) is 4.67. The highest BCUT2D eigenvalue weighted by molar-refractivity contribution is 5.42. The van der Waals surface area contributed by atoms with E-state index in [9.17, 15) is 0 Å². The Balaban J connectivity index is 2.28. The van der Waals surface area contributed by atoms with E-state index in [0.717, 1.165) is 17.8 Å². The van der Waals surface area contributed by atoms with Gasteiger partial charge in [-0.25, -0.2) is 0 Å². The predicted octanol–water partition coefficient (Wildman–Crippen LogP) is 1.49. The summed E-state index contributed by atoms with van der Waals surface area (Å²) < 4.78 is 0. The minimum Gasteiger partial charge on any atom is -0.348 e. The van der Waals surface area contributed by atoms with Crippen LogP contribution in [0.15, 0.2) is 12.3 Å². The average molecular weight is 220 g/mol. The van der Waals surface area contributed by atoms with Crippen molar-refractivity contribution < 1.29 is 0 Å². The van der Waals surface area contributed by atoms with Crippen LogP contribution in [0.2, 0.25) is 0 Å². The van der Waals surface area contributed by atoms with E-state index in [1.54, 1.807) is 6.20 Å². The normalized spacial score (nSPS) is 25.8. The quantitative estimate of drug-likeness (QED) is 0.820. The van der Waals surface area contributed by atoms with Crippen molar-refractivity contribution in [1.29, 1.82) is 0 Å². The van der Waals surface area contributed by atoms with Gasteiger partial charge in [-0.15, -0.1) is 5.10 Å². The number of nitrogens with zero attached hydrogens (tertiary/aromatic N) is 3. The van der Waals surface area contributed by atoms with Crippen LogP contribution in [0.4, 0.5) is 5.82 Å². The standard InChI is InChI=1S/C12H20N4/c1-9-6-12(15-14-8-9)16-10(2)4-3-5-11(16)7-13/h6,8,10-11H,3-5,7,13H2,1-2H3. The lowest BCUT2D eigenvalue weighted by molar-refractivity contribution is 0.396. The molecule has 4 heteroatoms. The van der Waals surface area contributed by atoms with E-state index in [0.29, 0.717) is 18.6 Å². The third kappa shape index (κ3) is 2.16. The van der Waals surface area contributed by atoms with E-state index in [-0.39, 0.29) is 0 Å². The van der Waals surface area contributed by atoms with E-state index in [4.69, 9.17) is 5.73 Å². The Morgan fingerprint density at radius 2 is 2.31 bits per heavy atom. The van der Waals surface area contributed by atoms with Crippen molar-refractivity contribution in [3.63, 3.8) is 0 Å². The van der Waals surface area contributed by atoms with Crippen LogP contribution in [0.3, 0.4) is 0 Å². The monoisotopic (exact) mass is 220 g/mol. The number of hydrogen-bond acceptors (Lipinski definition) is 4. The molecule has 2 N–H and O–H groups in total. The molecule has 16 heavy (non-hydrogen) atoms. The van der Waals surface area contributed by atoms with Crippen molar-refractivity contribution >= 4 is 5.82 Å². The fourth-order valence-electron chi connectivity index (χ4n) is 2.51. The largest absolute Gasteiger partial charge is 0.348 e. The van der Waals surface area contributed by atoms with Gasteiger partial charge in [0.05, 0.1) is 6.20 Å². The topological polar surface area (TPSA) is 55.0 Å². The summed E-state index contributed by atoms with van der Waals surface area (Å²) in [5.41, 5.74) is 6.99. The van der Waals surface area contributed by atoms with Gasteiger partial charge >= 0.3 is 0 Å². The maximum Gasteiger partial charge on any atom is 0.152 e. The first-order chi connectivity index (χ1) is 7.72. The Morgan fingerprint density at radius 3 is 3.00 bits per heavy atom. The minimum atomic E-state index is 0.417. The van der Waals surface area contributed by atoms with Crippen molar-refractivity contribution in [2.75, 3.05) is 11.4 Å². The Bertz CT molecular complexity index is 353. The Kier molecular flexibility index (Phi) is 3.39. The van der Waals surface area contributed by atoms with Gasteiger partial charge in [0.2, 0.25) is 0 Å². The molecule has 1 fully saturated rings. The molecule has 0 aliphatic carbocycles. The summed E-state index contributed by atoms with van der Waals surface area (Å²) in [4.78, 5) is 2.34. The van der Waals surface area contributed by atoms with Crippen molar-refractivity contribution in [2.24, 2.45) is 5.73 Å². The zero-order chi connectivity index (χ0) is 11.5. The van der Waals surface area contributed by atoms with E-state index in [2.05, 4.69) is 28.1 Å². The minimum absolute atomic E-state index is 0.417. The molecule has 2 unspecified atom stereocenters. The SMILES string of the molecule is Cc1cnnc(N2C(C)CCCC2CN)c1. The van der Waals surface area contributed by atoms with Gasteiger partial charge in [-0.05, 0) is 44.7 Å². The van der Waals surface area contributed by atoms with Gasteiger partial charge in [-0.2, -0.15) is 5.10 Å². The van der Waals surface area contributed by atoms with E-state index in [1.165, 1.54) is 12.8 Å². The molecule has 0 radical (unpaired) electrons. The number of aryl methyl sites for hydroxylation is 1. The fourth-order valence-corrected chi connectivity index (χ4v) is 2.51. The van der Waals surface area contributed by atoms with E-state index >= 15 is 0 Å². The smallest absolute Gasteiger partial charge is 0.152 e. The number of anilines is 1. The highest BCUT2D eigenvalue weighted by Crippen LogP contribution is 2.27. The summed E-state index contributed by atoms with van der Waals surface area (Å²) in [6, 6.07) is 3.02. The number of nitrogens with two attached hydrogens (primary N) is 1. The molecule has 88 valence electrons. The second kappa shape index (κ2) is 4.78. The summed E-state index contributed by atoms with van der Waals surface area (Å²) in [6.07, 6.45) is 5.43. The number of rotatable bonds is 2. The molecule has 2 heterocycles. The molecule has 2 atom stereocenters. The van der Waals surface area contributed by atoms with Gasteiger partial charge in [0.1, 0.15) is 0 Å². The lowest BCUT2D eigenvalue weighted by atomic mass is 9.96. The van der Waals surface area contributed by atoms with Crippen LogP contribution >= 0.6 is 0 Å². The summed E-state index contributed by atoms with van der Waals surface area (Å²) in [5.74, 6) is 0.975. The van der Waals surface area contributed by atoms with Crippen molar-refractivity contribution in [1.82, 2.24) is 10.2 Å². The van der Waals surface area contributed by atoms with Gasteiger partial charge in [0, 0.05) is 18.6 Å². The molecule has 1 aliphatic rings. The summed E-state index contributed by atoms with van der Waals surface area (Å²) >= 11 is 0. The molecular formula is C12H20N4. The first-order valence-electron chi connectivity index (χ1n) is 6.00. The third-order valence-electron chi connectivity index (χ3n) is 3.34. The summed E-state index contributed by atoms with van der Waals surface area (Å²) in [6.45, 7) is 4.98. The van der Waals surface area contributed by atoms with Crippen LogP contribution in [0.25, 0.3) is 0 Å². The first kappa shape index (κ1) is 11.3. The molecular weight excluding hydrogens is 200 g/mol. The molecule has 1 aromatic heterocycles. The number of hydrogen-bond donors (Lipinski definition) is 1. The molecule has 0 aromatic carbocycles. The fraction of sp³-hybridized carbons (Fsp3) is 0.667. The number of piperidine rings is 1. The highest BCUT2D eigenvalue weighted by atomic mass is 15.3. The summed E-state index contributed by atoms with van der Waals surface area (Å²) in [5, 5.41) is 8.26. The molecule has 0 bridgehead atoms. The molecule has 1 aromatic rings.